The molecule has 0 fully saturated rings. The summed E-state index contributed by atoms with van der Waals surface area (Å²) in [4.78, 5) is 22.2. The molecule has 1 aromatic heterocycles. The topological polar surface area (TPSA) is 58.2 Å². The molecule has 0 saturated heterocycles. The van der Waals surface area contributed by atoms with E-state index in [4.69, 9.17) is 4.74 Å². The summed E-state index contributed by atoms with van der Waals surface area (Å²) < 4.78 is 5.74. The number of H-pyrrole nitrogens is 1. The van der Waals surface area contributed by atoms with E-state index in [1.165, 1.54) is 0 Å². The molecule has 1 amide bonds. The van der Waals surface area contributed by atoms with Gasteiger partial charge in [-0.2, -0.15) is 0 Å². The van der Waals surface area contributed by atoms with Gasteiger partial charge >= 0.3 is 0 Å². The zero-order chi connectivity index (χ0) is 17.1. The minimum atomic E-state index is -0.0860. The van der Waals surface area contributed by atoms with Crippen LogP contribution in [0.3, 0.4) is 0 Å². The number of ether oxygens (including phenoxy) is 1. The monoisotopic (exact) mass is 331 g/mol. The third-order valence-corrected chi connectivity index (χ3v) is 4.08. The van der Waals surface area contributed by atoms with Crippen molar-refractivity contribution in [1.82, 2.24) is 9.97 Å². The van der Waals surface area contributed by atoms with Gasteiger partial charge in [-0.1, -0.05) is 36.4 Å². The van der Waals surface area contributed by atoms with E-state index in [0.29, 0.717) is 12.1 Å². The highest BCUT2D eigenvalue weighted by Crippen LogP contribution is 2.28. The zero-order valence-electron chi connectivity index (χ0n) is 13.6. The molecule has 0 atom stereocenters. The Labute approximate surface area is 145 Å². The molecule has 124 valence electrons. The molecule has 5 heteroatoms. The van der Waals surface area contributed by atoms with E-state index >= 15 is 0 Å². The molecule has 25 heavy (non-hydrogen) atoms. The van der Waals surface area contributed by atoms with Gasteiger partial charge in [0.15, 0.2) is 0 Å². The Kier molecular flexibility index (Phi) is 4.04. The predicted molar refractivity (Wildman–Crippen MR) is 96.1 cm³/mol. The highest BCUT2D eigenvalue weighted by atomic mass is 16.5. The molecular formula is C20H17N3O2. The lowest BCUT2D eigenvalue weighted by atomic mass is 10.1. The van der Waals surface area contributed by atoms with Gasteiger partial charge in [-0.15, -0.1) is 0 Å². The van der Waals surface area contributed by atoms with Crippen LogP contribution in [-0.2, 0) is 11.3 Å². The molecule has 1 N–H and O–H groups in total. The highest BCUT2D eigenvalue weighted by Gasteiger charge is 2.24. The molecule has 4 rings (SSSR count). The van der Waals surface area contributed by atoms with Crippen molar-refractivity contribution < 1.29 is 9.53 Å². The minimum Gasteiger partial charge on any atom is -0.488 e. The van der Waals surface area contributed by atoms with E-state index in [9.17, 15) is 4.79 Å². The van der Waals surface area contributed by atoms with Gasteiger partial charge in [0.2, 0.25) is 0 Å². The quantitative estimate of drug-likeness (QED) is 0.797. The SMILES string of the molecule is O=C(C1=Cc2ccccc2OC1)N(Cc1ncc[nH]1)c1ccccc1. The fourth-order valence-corrected chi connectivity index (χ4v) is 2.84. The first-order valence-electron chi connectivity index (χ1n) is 8.09. The van der Waals surface area contributed by atoms with Crippen molar-refractivity contribution in [2.24, 2.45) is 0 Å². The van der Waals surface area contributed by atoms with Crippen LogP contribution in [0.4, 0.5) is 5.69 Å². The van der Waals surface area contributed by atoms with Crippen LogP contribution in [-0.4, -0.2) is 22.5 Å². The number of amides is 1. The number of para-hydroxylation sites is 2. The van der Waals surface area contributed by atoms with Crippen LogP contribution in [0.1, 0.15) is 11.4 Å². The number of rotatable bonds is 4. The Morgan fingerprint density at radius 1 is 1.12 bits per heavy atom. The number of imidazole rings is 1. The smallest absolute Gasteiger partial charge is 0.258 e. The van der Waals surface area contributed by atoms with Crippen LogP contribution in [0.25, 0.3) is 6.08 Å². The van der Waals surface area contributed by atoms with Crippen molar-refractivity contribution in [2.75, 3.05) is 11.5 Å². The molecule has 2 aromatic carbocycles. The number of carbonyl (C=O) groups is 1. The van der Waals surface area contributed by atoms with Crippen molar-refractivity contribution >= 4 is 17.7 Å². The molecule has 2 heterocycles. The zero-order valence-corrected chi connectivity index (χ0v) is 13.6. The van der Waals surface area contributed by atoms with Gasteiger partial charge in [-0.3, -0.25) is 4.79 Å². The van der Waals surface area contributed by atoms with Crippen molar-refractivity contribution in [1.29, 1.82) is 0 Å². The third-order valence-electron chi connectivity index (χ3n) is 4.08. The highest BCUT2D eigenvalue weighted by molar-refractivity contribution is 6.09. The van der Waals surface area contributed by atoms with Crippen LogP contribution < -0.4 is 9.64 Å². The molecule has 5 nitrogen and oxygen atoms in total. The maximum Gasteiger partial charge on any atom is 0.258 e. The van der Waals surface area contributed by atoms with Gasteiger partial charge in [-0.05, 0) is 24.3 Å². The molecule has 0 spiro atoms. The molecule has 0 unspecified atom stereocenters. The van der Waals surface area contributed by atoms with E-state index in [2.05, 4.69) is 9.97 Å². The lowest BCUT2D eigenvalue weighted by Gasteiger charge is -2.25. The van der Waals surface area contributed by atoms with Crippen LogP contribution >= 0.6 is 0 Å². The summed E-state index contributed by atoms with van der Waals surface area (Å²) in [5, 5.41) is 0. The molecule has 0 radical (unpaired) electrons. The Bertz CT molecular complexity index is 902. The average Bonchev–Trinajstić information content (AvgIpc) is 3.19. The van der Waals surface area contributed by atoms with Gasteiger partial charge in [-0.25, -0.2) is 4.98 Å². The summed E-state index contributed by atoms with van der Waals surface area (Å²) in [7, 11) is 0. The summed E-state index contributed by atoms with van der Waals surface area (Å²) in [5.74, 6) is 1.45. The average molecular weight is 331 g/mol. The van der Waals surface area contributed by atoms with Gasteiger partial charge in [0.05, 0.1) is 12.1 Å². The number of anilines is 1. The van der Waals surface area contributed by atoms with Gasteiger partial charge in [0.25, 0.3) is 5.91 Å². The lowest BCUT2D eigenvalue weighted by Crippen LogP contribution is -2.34. The number of carbonyl (C=O) groups excluding carboxylic acids is 1. The van der Waals surface area contributed by atoms with Crippen LogP contribution in [0, 0.1) is 0 Å². The number of aromatic nitrogens is 2. The number of aromatic amines is 1. The number of benzene rings is 2. The third kappa shape index (κ3) is 3.17. The Hall–Kier alpha value is -3.34. The summed E-state index contributed by atoms with van der Waals surface area (Å²) in [5.41, 5.74) is 2.36. The van der Waals surface area contributed by atoms with Crippen molar-refractivity contribution in [3.8, 4) is 5.75 Å². The van der Waals surface area contributed by atoms with E-state index in [0.717, 1.165) is 22.8 Å². The Morgan fingerprint density at radius 3 is 2.72 bits per heavy atom. The van der Waals surface area contributed by atoms with E-state index < -0.39 is 0 Å². The van der Waals surface area contributed by atoms with Gasteiger partial charge in [0.1, 0.15) is 18.2 Å². The number of hydrogen-bond acceptors (Lipinski definition) is 3. The van der Waals surface area contributed by atoms with Gasteiger partial charge in [0, 0.05) is 23.6 Å². The maximum atomic E-state index is 13.2. The lowest BCUT2D eigenvalue weighted by molar-refractivity contribution is -0.115. The largest absolute Gasteiger partial charge is 0.488 e. The molecular weight excluding hydrogens is 314 g/mol. The molecule has 0 bridgehead atoms. The number of nitrogens with zero attached hydrogens (tertiary/aromatic N) is 2. The summed E-state index contributed by atoms with van der Waals surface area (Å²) in [6, 6.07) is 17.3. The Balaban J connectivity index is 1.67. The first kappa shape index (κ1) is 15.2. The van der Waals surface area contributed by atoms with Crippen LogP contribution in [0.2, 0.25) is 0 Å². The maximum absolute atomic E-state index is 13.2. The van der Waals surface area contributed by atoms with Crippen LogP contribution in [0.5, 0.6) is 5.75 Å². The van der Waals surface area contributed by atoms with Crippen molar-refractivity contribution in [3.05, 3.63) is 84.0 Å². The number of nitrogens with one attached hydrogen (secondary N) is 1. The normalized spacial score (nSPS) is 12.7. The fraction of sp³-hybridized carbons (Fsp3) is 0.100. The second-order valence-corrected chi connectivity index (χ2v) is 5.76. The first-order chi connectivity index (χ1) is 12.3. The summed E-state index contributed by atoms with van der Waals surface area (Å²) >= 11 is 0. The molecule has 0 aliphatic carbocycles. The predicted octanol–water partition coefficient (Wildman–Crippen LogP) is 3.42. The second-order valence-electron chi connectivity index (χ2n) is 5.76. The first-order valence-corrected chi connectivity index (χ1v) is 8.09. The van der Waals surface area contributed by atoms with E-state index in [1.54, 1.807) is 17.3 Å². The number of fused-ring (bicyclic) bond motifs is 1. The van der Waals surface area contributed by atoms with Crippen molar-refractivity contribution in [3.63, 3.8) is 0 Å². The van der Waals surface area contributed by atoms with Crippen LogP contribution in [0.15, 0.2) is 72.6 Å². The number of hydrogen-bond donors (Lipinski definition) is 1. The van der Waals surface area contributed by atoms with E-state index in [1.807, 2.05) is 60.7 Å². The molecule has 1 aliphatic rings. The minimum absolute atomic E-state index is 0.0860. The van der Waals surface area contributed by atoms with Gasteiger partial charge < -0.3 is 14.6 Å². The standard InChI is InChI=1S/C20H17N3O2/c24-20(16-12-15-6-4-5-9-18(15)25-14-16)23(13-19-21-10-11-22-19)17-7-2-1-3-8-17/h1-12H,13-14H2,(H,21,22). The molecule has 3 aromatic rings. The summed E-state index contributed by atoms with van der Waals surface area (Å²) in [6.07, 6.45) is 5.34. The fourth-order valence-electron chi connectivity index (χ4n) is 2.84. The second kappa shape index (κ2) is 6.65. The van der Waals surface area contributed by atoms with E-state index in [-0.39, 0.29) is 12.5 Å². The molecule has 1 aliphatic heterocycles. The Morgan fingerprint density at radius 2 is 1.92 bits per heavy atom. The summed E-state index contributed by atoms with van der Waals surface area (Å²) in [6.45, 7) is 0.631. The molecule has 0 saturated carbocycles. The van der Waals surface area contributed by atoms with Crippen molar-refractivity contribution in [2.45, 2.75) is 6.54 Å².